The van der Waals surface area contributed by atoms with Gasteiger partial charge in [-0.3, -0.25) is 0 Å². The molecule has 30 heavy (non-hydrogen) atoms. The quantitative estimate of drug-likeness (QED) is 0.252. The molecular formula is C25H19N3O2. The molecule has 0 bridgehead atoms. The summed E-state index contributed by atoms with van der Waals surface area (Å²) in [4.78, 5) is 12.5. The standard InChI is InChI=1S/C25H19N3O2/c26-20-8-5-9-21(27)24(20)25(29)30-17-14-12-16(13-15-17)28-22-10-3-1-6-18(22)19-7-2-4-11-23(19)28/h1-15H,26-27H2. The van der Waals surface area contributed by atoms with Crippen molar-refractivity contribution in [1.82, 2.24) is 4.57 Å². The molecule has 4 aromatic carbocycles. The highest BCUT2D eigenvalue weighted by molar-refractivity contribution is 6.09. The Kier molecular flexibility index (Phi) is 4.14. The molecule has 5 nitrogen and oxygen atoms in total. The van der Waals surface area contributed by atoms with Crippen molar-refractivity contribution in [3.8, 4) is 11.4 Å². The fourth-order valence-corrected chi connectivity index (χ4v) is 3.85. The highest BCUT2D eigenvalue weighted by atomic mass is 16.5. The SMILES string of the molecule is Nc1cccc(N)c1C(=O)Oc1ccc(-n2c3ccccc3c3ccccc32)cc1. The summed E-state index contributed by atoms with van der Waals surface area (Å²) in [6.45, 7) is 0. The van der Waals surface area contributed by atoms with Crippen LogP contribution in [0.25, 0.3) is 27.5 Å². The molecule has 5 rings (SSSR count). The summed E-state index contributed by atoms with van der Waals surface area (Å²) >= 11 is 0. The Morgan fingerprint density at radius 3 is 1.77 bits per heavy atom. The number of esters is 1. The van der Waals surface area contributed by atoms with Crippen molar-refractivity contribution in [3.63, 3.8) is 0 Å². The third kappa shape index (κ3) is 2.84. The highest BCUT2D eigenvalue weighted by Gasteiger charge is 2.16. The van der Waals surface area contributed by atoms with Gasteiger partial charge in [-0.2, -0.15) is 0 Å². The first-order valence-corrected chi connectivity index (χ1v) is 9.58. The number of fused-ring (bicyclic) bond motifs is 3. The molecule has 0 saturated carbocycles. The van der Waals surface area contributed by atoms with Crippen LogP contribution in [0.1, 0.15) is 10.4 Å². The lowest BCUT2D eigenvalue weighted by atomic mass is 10.1. The van der Waals surface area contributed by atoms with Crippen LogP contribution >= 0.6 is 0 Å². The number of nitrogen functional groups attached to an aromatic ring is 2. The monoisotopic (exact) mass is 393 g/mol. The van der Waals surface area contributed by atoms with E-state index in [9.17, 15) is 4.79 Å². The lowest BCUT2D eigenvalue weighted by molar-refractivity contribution is 0.0737. The van der Waals surface area contributed by atoms with Crippen LogP contribution in [0.5, 0.6) is 5.75 Å². The molecule has 0 saturated heterocycles. The number of nitrogens with zero attached hydrogens (tertiary/aromatic N) is 1. The number of hydrogen-bond donors (Lipinski definition) is 2. The molecule has 5 aromatic rings. The van der Waals surface area contributed by atoms with Crippen LogP contribution in [0.4, 0.5) is 11.4 Å². The van der Waals surface area contributed by atoms with Gasteiger partial charge in [0.05, 0.1) is 11.0 Å². The Bertz CT molecular complexity index is 1330. The molecule has 0 radical (unpaired) electrons. The zero-order valence-corrected chi connectivity index (χ0v) is 16.1. The van der Waals surface area contributed by atoms with Crippen molar-refractivity contribution in [2.75, 3.05) is 11.5 Å². The fourth-order valence-electron chi connectivity index (χ4n) is 3.85. The van der Waals surface area contributed by atoms with Gasteiger partial charge >= 0.3 is 5.97 Å². The van der Waals surface area contributed by atoms with E-state index in [0.717, 1.165) is 16.7 Å². The van der Waals surface area contributed by atoms with Crippen LogP contribution in [-0.4, -0.2) is 10.5 Å². The normalized spacial score (nSPS) is 11.1. The van der Waals surface area contributed by atoms with Gasteiger partial charge in [0.15, 0.2) is 0 Å². The number of benzene rings is 4. The van der Waals surface area contributed by atoms with E-state index in [2.05, 4.69) is 28.8 Å². The number of hydrogen-bond acceptors (Lipinski definition) is 4. The number of para-hydroxylation sites is 2. The van der Waals surface area contributed by atoms with Crippen molar-refractivity contribution >= 4 is 39.1 Å². The summed E-state index contributed by atoms with van der Waals surface area (Å²) in [5, 5.41) is 2.39. The average molecular weight is 393 g/mol. The van der Waals surface area contributed by atoms with Gasteiger partial charge in [0, 0.05) is 27.8 Å². The maximum atomic E-state index is 12.5. The first-order chi connectivity index (χ1) is 14.6. The molecule has 0 amide bonds. The number of rotatable bonds is 3. The highest BCUT2D eigenvalue weighted by Crippen LogP contribution is 2.32. The Hall–Kier alpha value is -4.25. The molecule has 5 heteroatoms. The number of ether oxygens (including phenoxy) is 1. The Morgan fingerprint density at radius 1 is 0.667 bits per heavy atom. The molecule has 0 aliphatic heterocycles. The van der Waals surface area contributed by atoms with Crippen LogP contribution in [0, 0.1) is 0 Å². The molecule has 1 heterocycles. The van der Waals surface area contributed by atoms with Crippen molar-refractivity contribution in [2.45, 2.75) is 0 Å². The molecule has 0 spiro atoms. The van der Waals surface area contributed by atoms with E-state index in [1.54, 1.807) is 30.3 Å². The van der Waals surface area contributed by atoms with Gasteiger partial charge < -0.3 is 20.8 Å². The van der Waals surface area contributed by atoms with Crippen LogP contribution in [0.3, 0.4) is 0 Å². The summed E-state index contributed by atoms with van der Waals surface area (Å²) in [5.74, 6) is -0.151. The summed E-state index contributed by atoms with van der Waals surface area (Å²) < 4.78 is 7.70. The maximum absolute atomic E-state index is 12.5. The summed E-state index contributed by atoms with van der Waals surface area (Å²) in [6, 6.07) is 28.9. The van der Waals surface area contributed by atoms with E-state index in [0.29, 0.717) is 17.1 Å². The molecule has 0 aliphatic carbocycles. The van der Waals surface area contributed by atoms with E-state index < -0.39 is 5.97 Å². The topological polar surface area (TPSA) is 83.3 Å². The lowest BCUT2D eigenvalue weighted by Crippen LogP contribution is -2.13. The molecule has 146 valence electrons. The molecule has 0 atom stereocenters. The molecule has 4 N–H and O–H groups in total. The lowest BCUT2D eigenvalue weighted by Gasteiger charge is -2.11. The van der Waals surface area contributed by atoms with Crippen LogP contribution in [-0.2, 0) is 0 Å². The number of carbonyl (C=O) groups is 1. The zero-order chi connectivity index (χ0) is 20.7. The van der Waals surface area contributed by atoms with E-state index in [1.807, 2.05) is 36.4 Å². The predicted molar refractivity (Wildman–Crippen MR) is 121 cm³/mol. The zero-order valence-electron chi connectivity index (χ0n) is 16.1. The number of aromatic nitrogens is 1. The van der Waals surface area contributed by atoms with Gasteiger partial charge in [0.25, 0.3) is 0 Å². The summed E-state index contributed by atoms with van der Waals surface area (Å²) in [5.41, 5.74) is 15.8. The van der Waals surface area contributed by atoms with Crippen LogP contribution < -0.4 is 16.2 Å². The largest absolute Gasteiger partial charge is 0.423 e. The first-order valence-electron chi connectivity index (χ1n) is 9.58. The molecular weight excluding hydrogens is 374 g/mol. The summed E-state index contributed by atoms with van der Waals surface area (Å²) in [6.07, 6.45) is 0. The first kappa shape index (κ1) is 17.8. The van der Waals surface area contributed by atoms with E-state index in [4.69, 9.17) is 16.2 Å². The number of anilines is 2. The van der Waals surface area contributed by atoms with Crippen molar-refractivity contribution in [1.29, 1.82) is 0 Å². The fraction of sp³-hybridized carbons (Fsp3) is 0. The molecule has 0 fully saturated rings. The average Bonchev–Trinajstić information content (AvgIpc) is 3.09. The Balaban J connectivity index is 1.52. The second-order valence-electron chi connectivity index (χ2n) is 7.06. The second-order valence-corrected chi connectivity index (χ2v) is 7.06. The third-order valence-electron chi connectivity index (χ3n) is 5.22. The molecule has 1 aromatic heterocycles. The van der Waals surface area contributed by atoms with Crippen molar-refractivity contribution in [2.24, 2.45) is 0 Å². The predicted octanol–water partition coefficient (Wildman–Crippen LogP) is 5.17. The molecule has 0 aliphatic rings. The minimum atomic E-state index is -0.574. The number of carbonyl (C=O) groups excluding carboxylic acids is 1. The second kappa shape index (κ2) is 6.97. The third-order valence-corrected chi connectivity index (χ3v) is 5.22. The van der Waals surface area contributed by atoms with Crippen molar-refractivity contribution < 1.29 is 9.53 Å². The minimum absolute atomic E-state index is 0.184. The van der Waals surface area contributed by atoms with E-state index in [1.165, 1.54) is 10.8 Å². The van der Waals surface area contributed by atoms with Gasteiger partial charge in [0.1, 0.15) is 11.3 Å². The summed E-state index contributed by atoms with van der Waals surface area (Å²) in [7, 11) is 0. The number of nitrogens with two attached hydrogens (primary N) is 2. The van der Waals surface area contributed by atoms with E-state index in [-0.39, 0.29) is 5.56 Å². The minimum Gasteiger partial charge on any atom is -0.423 e. The van der Waals surface area contributed by atoms with Gasteiger partial charge in [-0.1, -0.05) is 42.5 Å². The van der Waals surface area contributed by atoms with Gasteiger partial charge in [0.2, 0.25) is 0 Å². The van der Waals surface area contributed by atoms with Gasteiger partial charge in [-0.15, -0.1) is 0 Å². The maximum Gasteiger partial charge on any atom is 0.347 e. The van der Waals surface area contributed by atoms with Crippen molar-refractivity contribution in [3.05, 3.63) is 96.6 Å². The Morgan fingerprint density at radius 2 is 1.20 bits per heavy atom. The van der Waals surface area contributed by atoms with Gasteiger partial charge in [-0.25, -0.2) is 4.79 Å². The smallest absolute Gasteiger partial charge is 0.347 e. The molecule has 0 unspecified atom stereocenters. The Labute approximate surface area is 173 Å². The van der Waals surface area contributed by atoms with Gasteiger partial charge in [-0.05, 0) is 48.5 Å². The van der Waals surface area contributed by atoms with Crippen LogP contribution in [0.2, 0.25) is 0 Å². The van der Waals surface area contributed by atoms with E-state index >= 15 is 0 Å². The van der Waals surface area contributed by atoms with Crippen LogP contribution in [0.15, 0.2) is 91.0 Å².